The second kappa shape index (κ2) is 14.4. The van der Waals surface area contributed by atoms with Crippen molar-refractivity contribution in [1.29, 1.82) is 0 Å². The van der Waals surface area contributed by atoms with Crippen LogP contribution in [0.15, 0.2) is 88.7 Å². The van der Waals surface area contributed by atoms with E-state index in [0.29, 0.717) is 73.3 Å². The first-order valence-electron chi connectivity index (χ1n) is 16.0. The summed E-state index contributed by atoms with van der Waals surface area (Å²) in [5.74, 6) is -0.892. The number of nitro groups is 2. The number of aryl methyl sites for hydroxylation is 6. The molecule has 4 N–H and O–H groups in total. The third-order valence-corrected chi connectivity index (χ3v) is 10.8. The van der Waals surface area contributed by atoms with Crippen LogP contribution < -0.4 is 10.6 Å². The summed E-state index contributed by atoms with van der Waals surface area (Å²) < 4.78 is 69.7. The van der Waals surface area contributed by atoms with E-state index in [1.54, 1.807) is 65.8 Å². The van der Waals surface area contributed by atoms with Crippen LogP contribution in [0.5, 0.6) is 0 Å². The van der Waals surface area contributed by atoms with Gasteiger partial charge >= 0.3 is 0 Å². The molecule has 5 aromatic rings. The Morgan fingerprint density at radius 2 is 0.906 bits per heavy atom. The Kier molecular flexibility index (Phi) is 10.5. The van der Waals surface area contributed by atoms with Crippen molar-refractivity contribution in [2.75, 3.05) is 10.6 Å². The number of hydrogen-bond acceptors (Lipinski definition) is 10. The Balaban J connectivity index is 1.66. The maximum absolute atomic E-state index is 12.8. The molecule has 0 fully saturated rings. The second-order valence-electron chi connectivity index (χ2n) is 12.9. The monoisotopic (exact) mass is 760 g/mol. The minimum Gasteiger partial charge on any atom is -0.355 e. The van der Waals surface area contributed by atoms with Gasteiger partial charge in [-0.3, -0.25) is 29.3 Å². The Morgan fingerprint density at radius 1 is 0.528 bits per heavy atom. The molecule has 5 aromatic carbocycles. The van der Waals surface area contributed by atoms with Crippen molar-refractivity contribution in [1.82, 2.24) is 0 Å². The van der Waals surface area contributed by atoms with Crippen molar-refractivity contribution in [2.24, 2.45) is 0 Å². The van der Waals surface area contributed by atoms with Gasteiger partial charge in [0.05, 0.1) is 19.6 Å². The fourth-order valence-corrected chi connectivity index (χ4v) is 7.91. The average molecular weight is 761 g/mol. The fraction of sp³-hybridized carbons (Fsp3) is 0.189. The molecule has 0 saturated heterocycles. The van der Waals surface area contributed by atoms with E-state index in [9.17, 15) is 46.2 Å². The van der Waals surface area contributed by atoms with Crippen molar-refractivity contribution in [3.05, 3.63) is 149 Å². The van der Waals surface area contributed by atoms with Gasteiger partial charge in [-0.05, 0) is 128 Å². The molecule has 16 heteroatoms. The molecule has 276 valence electrons. The highest BCUT2D eigenvalue weighted by molar-refractivity contribution is 7.86. The number of hydrogen-bond donors (Lipinski definition) is 4. The average Bonchev–Trinajstić information content (AvgIpc) is 3.05. The molecule has 0 saturated carbocycles. The van der Waals surface area contributed by atoms with Gasteiger partial charge in [0.25, 0.3) is 31.6 Å². The zero-order valence-corrected chi connectivity index (χ0v) is 31.1. The fourth-order valence-electron chi connectivity index (χ4n) is 6.57. The summed E-state index contributed by atoms with van der Waals surface area (Å²) in [5, 5.41) is 29.3. The van der Waals surface area contributed by atoms with E-state index >= 15 is 0 Å². The smallest absolute Gasteiger partial charge is 0.294 e. The number of non-ortho nitro benzene ring substituents is 2. The third-order valence-electron chi connectivity index (χ3n) is 9.03. The molecule has 0 aromatic heterocycles. The Morgan fingerprint density at radius 3 is 1.23 bits per heavy atom. The molecule has 0 aliphatic heterocycles. The van der Waals surface area contributed by atoms with E-state index in [2.05, 4.69) is 10.6 Å². The van der Waals surface area contributed by atoms with Crippen molar-refractivity contribution in [3.8, 4) is 0 Å². The van der Waals surface area contributed by atoms with Gasteiger partial charge in [0.1, 0.15) is 0 Å². The van der Waals surface area contributed by atoms with Crippen LogP contribution in [0, 0.1) is 61.8 Å². The maximum atomic E-state index is 12.8. The Labute approximate surface area is 306 Å². The van der Waals surface area contributed by atoms with Crippen molar-refractivity contribution in [2.45, 2.75) is 57.3 Å². The highest BCUT2D eigenvalue weighted by atomic mass is 32.2. The Hall–Kier alpha value is -5.68. The zero-order chi connectivity index (χ0) is 39.2. The van der Waals surface area contributed by atoms with Gasteiger partial charge in [-0.15, -0.1) is 0 Å². The van der Waals surface area contributed by atoms with E-state index in [1.807, 2.05) is 12.1 Å². The number of rotatable bonds is 11. The summed E-state index contributed by atoms with van der Waals surface area (Å²) in [7, 11) is -9.88. The van der Waals surface area contributed by atoms with Crippen LogP contribution in [0.3, 0.4) is 0 Å². The molecule has 0 radical (unpaired) electrons. The van der Waals surface area contributed by atoms with Gasteiger partial charge in [-0.25, -0.2) is 0 Å². The van der Waals surface area contributed by atoms with E-state index in [0.717, 1.165) is 6.07 Å². The summed E-state index contributed by atoms with van der Waals surface area (Å²) in [6.45, 7) is 10.6. The number of nitro benzene ring substituents is 2. The van der Waals surface area contributed by atoms with Gasteiger partial charge in [-0.2, -0.15) is 16.8 Å². The maximum Gasteiger partial charge on any atom is 0.294 e. The molecule has 53 heavy (non-hydrogen) atoms. The van der Waals surface area contributed by atoms with Crippen LogP contribution in [-0.4, -0.2) is 35.8 Å². The van der Waals surface area contributed by atoms with Gasteiger partial charge < -0.3 is 10.6 Å². The van der Waals surface area contributed by atoms with Crippen LogP contribution in [0.2, 0.25) is 0 Å². The van der Waals surface area contributed by atoms with Crippen molar-refractivity contribution >= 4 is 54.4 Å². The van der Waals surface area contributed by atoms with Crippen molar-refractivity contribution < 1.29 is 35.8 Å². The Bertz CT molecular complexity index is 2390. The van der Waals surface area contributed by atoms with Crippen molar-refractivity contribution in [3.63, 3.8) is 0 Å². The quantitative estimate of drug-likeness (QED) is 0.0431. The SMILES string of the molecule is Cc1cc(Nc2c(C)cc([N+](=O)[O-])cc2C)ccc1C(c1ccc(Nc2c(C)cc([N+](=O)[O-])cc2C)cc1C)c1ccc(S(=O)(=O)O)cc1S(=O)(=O)O. The van der Waals surface area contributed by atoms with Crippen LogP contribution in [0.4, 0.5) is 34.1 Å². The van der Waals surface area contributed by atoms with E-state index in [1.165, 1.54) is 30.3 Å². The predicted octanol–water partition coefficient (Wildman–Crippen LogP) is 8.51. The van der Waals surface area contributed by atoms with E-state index < -0.39 is 45.8 Å². The molecule has 0 spiro atoms. The zero-order valence-electron chi connectivity index (χ0n) is 29.5. The first-order chi connectivity index (χ1) is 24.6. The van der Waals surface area contributed by atoms with E-state index in [-0.39, 0.29) is 16.9 Å². The standard InChI is InChI=1S/C37H36N4O10S2/c1-20-13-26(38-36-22(3)15-28(40(42)43)16-23(36)4)7-10-31(20)35(33-12-9-30(52(46,47)48)19-34(33)53(49,50)51)32-11-8-27(14-21(32)2)39-37-24(5)17-29(41(44)45)18-25(37)6/h7-19,35,38-39H,1-6H3,(H,46,47,48)(H,49,50,51). The van der Waals surface area contributed by atoms with Crippen LogP contribution >= 0.6 is 0 Å². The summed E-state index contributed by atoms with van der Waals surface area (Å²) in [4.78, 5) is 20.4. The summed E-state index contributed by atoms with van der Waals surface area (Å²) in [6, 6.07) is 19.5. The van der Waals surface area contributed by atoms with Gasteiger partial charge in [-0.1, -0.05) is 18.2 Å². The lowest BCUT2D eigenvalue weighted by Crippen LogP contribution is -2.14. The summed E-state index contributed by atoms with van der Waals surface area (Å²) in [6.07, 6.45) is 0. The molecule has 0 unspecified atom stereocenters. The summed E-state index contributed by atoms with van der Waals surface area (Å²) >= 11 is 0. The number of anilines is 4. The number of benzene rings is 5. The van der Waals surface area contributed by atoms with E-state index in [4.69, 9.17) is 0 Å². The first kappa shape index (κ1) is 38.5. The second-order valence-corrected chi connectivity index (χ2v) is 15.7. The molecule has 0 heterocycles. The molecular formula is C37H36N4O10S2. The molecule has 0 amide bonds. The van der Waals surface area contributed by atoms with Gasteiger partial charge in [0, 0.05) is 52.9 Å². The molecule has 0 bridgehead atoms. The topological polar surface area (TPSA) is 219 Å². The minimum atomic E-state index is -5.04. The molecule has 0 atom stereocenters. The molecule has 0 aliphatic rings. The lowest BCUT2D eigenvalue weighted by molar-refractivity contribution is -0.385. The first-order valence-corrected chi connectivity index (χ1v) is 18.9. The van der Waals surface area contributed by atoms with Gasteiger partial charge in [0.15, 0.2) is 0 Å². The third kappa shape index (κ3) is 8.20. The minimum absolute atomic E-state index is 0.0378. The normalized spacial score (nSPS) is 11.8. The van der Waals surface area contributed by atoms with Crippen LogP contribution in [-0.2, 0) is 20.2 Å². The highest BCUT2D eigenvalue weighted by Gasteiger charge is 2.29. The largest absolute Gasteiger partial charge is 0.355 e. The van der Waals surface area contributed by atoms with Crippen LogP contribution in [0.1, 0.15) is 56.0 Å². The predicted molar refractivity (Wildman–Crippen MR) is 201 cm³/mol. The molecule has 14 nitrogen and oxygen atoms in total. The lowest BCUT2D eigenvalue weighted by Gasteiger charge is -2.26. The molecule has 5 rings (SSSR count). The number of nitrogens with one attached hydrogen (secondary N) is 2. The summed E-state index contributed by atoms with van der Waals surface area (Å²) in [5.41, 5.74) is 7.72. The lowest BCUT2D eigenvalue weighted by atomic mass is 9.81. The number of nitrogens with zero attached hydrogens (tertiary/aromatic N) is 2. The van der Waals surface area contributed by atoms with Gasteiger partial charge in [0.2, 0.25) is 0 Å². The molecular weight excluding hydrogens is 725 g/mol. The van der Waals surface area contributed by atoms with Crippen LogP contribution in [0.25, 0.3) is 0 Å². The highest BCUT2D eigenvalue weighted by Crippen LogP contribution is 2.41. The molecule has 0 aliphatic carbocycles.